The molecule has 3 aromatic rings. The second kappa shape index (κ2) is 14.4. The normalized spacial score (nSPS) is 11.9. The molecule has 0 radical (unpaired) electrons. The van der Waals surface area contributed by atoms with E-state index in [-0.39, 0.29) is 26.1 Å². The Morgan fingerprint density at radius 3 is 2.03 bits per heavy atom. The van der Waals surface area contributed by atoms with E-state index in [4.69, 9.17) is 4.74 Å². The predicted octanol–water partition coefficient (Wildman–Crippen LogP) is 3.31. The van der Waals surface area contributed by atoms with Crippen LogP contribution in [0, 0.1) is 20.0 Å². The van der Waals surface area contributed by atoms with E-state index in [0.717, 1.165) is 17.9 Å². The molecular weight excluding hydrogens is 547 g/mol. The van der Waals surface area contributed by atoms with E-state index >= 15 is 0 Å². The van der Waals surface area contributed by atoms with E-state index in [2.05, 4.69) is 68.4 Å². The van der Waals surface area contributed by atoms with E-state index in [1.165, 1.54) is 45.0 Å². The minimum Gasteiger partial charge on any atom is -0.744 e. The van der Waals surface area contributed by atoms with Gasteiger partial charge in [-0.05, 0) is 67.8 Å². The van der Waals surface area contributed by atoms with E-state index in [0.29, 0.717) is 5.92 Å². The Morgan fingerprint density at radius 1 is 0.879 bits per heavy atom. The molecule has 0 aliphatic rings. The fourth-order valence-electron chi connectivity index (χ4n) is 3.01. The summed E-state index contributed by atoms with van der Waals surface area (Å²) < 4.78 is 40.0. The maximum atomic E-state index is 10.4. The molecule has 0 heterocycles. The summed E-state index contributed by atoms with van der Waals surface area (Å²) in [4.78, 5) is -0.178. The average Bonchev–Trinajstić information content (AvgIpc) is 2.81. The van der Waals surface area contributed by atoms with Gasteiger partial charge in [0.2, 0.25) is 0 Å². The zero-order valence-corrected chi connectivity index (χ0v) is 22.5. The molecule has 0 bridgehead atoms. The number of benzene rings is 3. The van der Waals surface area contributed by atoms with E-state index in [1.54, 1.807) is 12.1 Å². The number of hydrogen-bond acceptors (Lipinski definition) is 4. The Bertz CT molecular complexity index is 1030. The van der Waals surface area contributed by atoms with Crippen LogP contribution in [0.4, 0.5) is 0 Å². The highest BCUT2D eigenvalue weighted by molar-refractivity contribution is 7.85. The minimum absolute atomic E-state index is 0.0738. The molecule has 3 aromatic carbocycles. The van der Waals surface area contributed by atoms with Gasteiger partial charge < -0.3 is 9.29 Å². The molecule has 4 nitrogen and oxygen atoms in total. The number of ether oxygens (including phenoxy) is 1. The van der Waals surface area contributed by atoms with Gasteiger partial charge in [0.25, 0.3) is 0 Å². The highest BCUT2D eigenvalue weighted by atomic mass is 127. The van der Waals surface area contributed by atoms with Crippen LogP contribution in [-0.2, 0) is 10.1 Å². The van der Waals surface area contributed by atoms with Crippen molar-refractivity contribution in [3.8, 4) is 5.75 Å². The number of aryl methyl sites for hydroxylation is 1. The lowest BCUT2D eigenvalue weighted by Gasteiger charge is -2.15. The summed E-state index contributed by atoms with van der Waals surface area (Å²) in [5.74, 6) is 1.70. The average molecular weight is 581 g/mol. The van der Waals surface area contributed by atoms with Crippen LogP contribution in [0.2, 0.25) is 0 Å². The molecule has 1 atom stereocenters. The Balaban J connectivity index is 0.000000294. The van der Waals surface area contributed by atoms with Crippen molar-refractivity contribution in [3.05, 3.63) is 91.6 Å². The quantitative estimate of drug-likeness (QED) is 0.273. The van der Waals surface area contributed by atoms with Gasteiger partial charge in [0, 0.05) is 0 Å². The van der Waals surface area contributed by atoms with Gasteiger partial charge in [-0.2, -0.15) is 0 Å². The smallest absolute Gasteiger partial charge is 0.357 e. The summed E-state index contributed by atoms with van der Waals surface area (Å²) >= 11 is -0.0738. The van der Waals surface area contributed by atoms with Crippen LogP contribution >= 0.6 is 0 Å². The molecule has 1 unspecified atom stereocenters. The fraction of sp³-hybridized carbons (Fsp3) is 0.333. The van der Waals surface area contributed by atoms with Crippen LogP contribution < -0.4 is 25.9 Å². The van der Waals surface area contributed by atoms with Crippen LogP contribution in [0.3, 0.4) is 0 Å². The van der Waals surface area contributed by atoms with Gasteiger partial charge in [-0.3, -0.25) is 0 Å². The number of hydrogen-bond donors (Lipinski definition) is 0. The predicted molar refractivity (Wildman–Crippen MR) is 128 cm³/mol. The first-order chi connectivity index (χ1) is 15.8. The molecule has 0 saturated heterocycles. The van der Waals surface area contributed by atoms with Crippen molar-refractivity contribution in [3.63, 3.8) is 0 Å². The molecular formula is C27H33IO4S. The molecule has 6 heteroatoms. The summed E-state index contributed by atoms with van der Waals surface area (Å²) in [5.41, 5.74) is 0.928. The highest BCUT2D eigenvalue weighted by Crippen LogP contribution is 2.16. The summed E-state index contributed by atoms with van der Waals surface area (Å²) in [6, 6.07) is 25.2. The molecule has 0 amide bonds. The Morgan fingerprint density at radius 2 is 1.48 bits per heavy atom. The monoisotopic (exact) mass is 580 g/mol. The van der Waals surface area contributed by atoms with Crippen LogP contribution in [0.25, 0.3) is 0 Å². The van der Waals surface area contributed by atoms with Crippen molar-refractivity contribution in [2.75, 3.05) is 6.61 Å². The fourth-order valence-corrected chi connectivity index (χ4v) is 5.70. The Hall–Kier alpha value is -1.90. The van der Waals surface area contributed by atoms with Gasteiger partial charge in [0.05, 0.1) is 11.5 Å². The summed E-state index contributed by atoms with van der Waals surface area (Å²) in [7, 11) is -4.27. The lowest BCUT2D eigenvalue weighted by atomic mass is 10.0. The Kier molecular flexibility index (Phi) is 11.9. The topological polar surface area (TPSA) is 66.4 Å². The summed E-state index contributed by atoms with van der Waals surface area (Å²) in [6.07, 6.45) is 5.07. The molecule has 0 fully saturated rings. The molecule has 0 N–H and O–H groups in total. The van der Waals surface area contributed by atoms with Gasteiger partial charge in [-0.15, -0.1) is 0 Å². The van der Waals surface area contributed by atoms with Gasteiger partial charge in [0.1, 0.15) is 15.9 Å². The van der Waals surface area contributed by atoms with Crippen molar-refractivity contribution in [2.45, 2.75) is 51.3 Å². The minimum atomic E-state index is -4.27. The van der Waals surface area contributed by atoms with Crippen molar-refractivity contribution < 1.29 is 38.9 Å². The lowest BCUT2D eigenvalue weighted by molar-refractivity contribution is -0.597. The van der Waals surface area contributed by atoms with Crippen molar-refractivity contribution in [2.24, 2.45) is 5.92 Å². The zero-order valence-electron chi connectivity index (χ0n) is 19.5. The van der Waals surface area contributed by atoms with Gasteiger partial charge in [0.15, 0.2) is 7.14 Å². The maximum absolute atomic E-state index is 10.4. The van der Waals surface area contributed by atoms with Crippen LogP contribution in [-0.4, -0.2) is 19.6 Å². The Labute approximate surface area is 209 Å². The molecule has 3 rings (SSSR count). The third kappa shape index (κ3) is 10.7. The molecule has 0 saturated carbocycles. The number of rotatable bonds is 10. The second-order valence-corrected chi connectivity index (χ2v) is 12.2. The maximum Gasteiger partial charge on any atom is 0.357 e. The third-order valence-electron chi connectivity index (χ3n) is 5.10. The molecule has 0 aromatic heterocycles. The SMILES string of the molecule is CCCCC(CC)COc1ccc([I+]c2ccccc2)cc1.Cc1ccc(S(=O)(=O)[O-])cc1. The largest absolute Gasteiger partial charge is 0.744 e. The number of halogens is 1. The van der Waals surface area contributed by atoms with Crippen LogP contribution in [0.1, 0.15) is 45.1 Å². The zero-order chi connectivity index (χ0) is 24.1. The summed E-state index contributed by atoms with van der Waals surface area (Å²) in [6.45, 7) is 7.18. The lowest BCUT2D eigenvalue weighted by Crippen LogP contribution is -3.61. The first-order valence-electron chi connectivity index (χ1n) is 11.3. The van der Waals surface area contributed by atoms with Gasteiger partial charge >= 0.3 is 21.2 Å². The van der Waals surface area contributed by atoms with Crippen molar-refractivity contribution in [1.29, 1.82) is 0 Å². The standard InChI is InChI=1S/C20H26IO.C7H8O3S/c1-3-5-9-17(4-2)16-22-20-14-12-19(13-15-20)21-18-10-7-6-8-11-18;1-6-2-4-7(5-3-6)11(8,9)10/h6-8,10-15,17H,3-5,9,16H2,1-2H3;2-5H,1H3,(H,8,9,10)/q+1;/p-1. The molecule has 0 aliphatic carbocycles. The second-order valence-electron chi connectivity index (χ2n) is 7.84. The molecule has 33 heavy (non-hydrogen) atoms. The highest BCUT2D eigenvalue weighted by Gasteiger charge is 2.14. The van der Waals surface area contributed by atoms with Crippen LogP contribution in [0.5, 0.6) is 5.75 Å². The van der Waals surface area contributed by atoms with E-state index in [1.807, 2.05) is 6.92 Å². The van der Waals surface area contributed by atoms with E-state index in [9.17, 15) is 13.0 Å². The van der Waals surface area contributed by atoms with Gasteiger partial charge in [-0.25, -0.2) is 8.42 Å². The van der Waals surface area contributed by atoms with Gasteiger partial charge in [-0.1, -0.05) is 69.0 Å². The van der Waals surface area contributed by atoms with Crippen LogP contribution in [0.15, 0.2) is 83.8 Å². The van der Waals surface area contributed by atoms with E-state index < -0.39 is 10.1 Å². The van der Waals surface area contributed by atoms with Crippen molar-refractivity contribution in [1.82, 2.24) is 0 Å². The molecule has 178 valence electrons. The summed E-state index contributed by atoms with van der Waals surface area (Å²) in [5, 5.41) is 0. The number of unbranched alkanes of at least 4 members (excludes halogenated alkanes) is 1. The molecule has 0 spiro atoms. The van der Waals surface area contributed by atoms with Crippen molar-refractivity contribution >= 4 is 10.1 Å². The molecule has 0 aliphatic heterocycles. The first kappa shape index (κ1) is 27.3. The first-order valence-corrected chi connectivity index (χ1v) is 14.8. The third-order valence-corrected chi connectivity index (χ3v) is 8.64.